The number of rotatable bonds is 7. The van der Waals surface area contributed by atoms with Gasteiger partial charge in [0.25, 0.3) is 0 Å². The number of carbonyl (C=O) groups excluding carboxylic acids is 1. The molecule has 2 aromatic rings. The fourth-order valence-corrected chi connectivity index (χ4v) is 4.45. The van der Waals surface area contributed by atoms with Crippen molar-refractivity contribution in [2.75, 3.05) is 24.6 Å². The molecule has 6 nitrogen and oxygen atoms in total. The van der Waals surface area contributed by atoms with Crippen LogP contribution in [0.4, 0.5) is 5.69 Å². The number of anilines is 1. The molecule has 0 spiro atoms. The summed E-state index contributed by atoms with van der Waals surface area (Å²) in [6.07, 6.45) is 0.322. The first kappa shape index (κ1) is 20.4. The lowest BCUT2D eigenvalue weighted by atomic mass is 10.1. The van der Waals surface area contributed by atoms with E-state index in [1.165, 1.54) is 0 Å². The smallest absolute Gasteiger partial charge is 0.240 e. The van der Waals surface area contributed by atoms with Crippen molar-refractivity contribution < 1.29 is 17.9 Å². The average Bonchev–Trinajstić information content (AvgIpc) is 3.04. The molecule has 0 radical (unpaired) electrons. The van der Waals surface area contributed by atoms with E-state index in [-0.39, 0.29) is 23.3 Å². The van der Waals surface area contributed by atoms with E-state index >= 15 is 0 Å². The predicted molar refractivity (Wildman–Crippen MR) is 109 cm³/mol. The van der Waals surface area contributed by atoms with E-state index < -0.39 is 10.0 Å². The first-order valence-corrected chi connectivity index (χ1v) is 10.9. The maximum absolute atomic E-state index is 12.6. The molecule has 0 bridgehead atoms. The molecule has 1 saturated heterocycles. The van der Waals surface area contributed by atoms with Gasteiger partial charge in [0, 0.05) is 25.2 Å². The standard InChI is InChI=1S/C21H26N2O4S/c1-4-27-19-8-6-18(7-9-19)23-14-17(12-21(23)24)13-22-28(25,26)20-10-5-15(2)16(3)11-20/h5-11,17,22H,4,12-14H2,1-3H3/t17-/m0/s1. The Balaban J connectivity index is 1.63. The molecule has 1 aliphatic rings. The van der Waals surface area contributed by atoms with Crippen LogP contribution in [0.2, 0.25) is 0 Å². The van der Waals surface area contributed by atoms with Crippen LogP contribution in [-0.4, -0.2) is 34.0 Å². The third kappa shape index (κ3) is 4.54. The van der Waals surface area contributed by atoms with Crippen molar-refractivity contribution in [2.45, 2.75) is 32.1 Å². The van der Waals surface area contributed by atoms with Crippen LogP contribution >= 0.6 is 0 Å². The molecule has 28 heavy (non-hydrogen) atoms. The second kappa shape index (κ2) is 8.32. The molecular weight excluding hydrogens is 376 g/mol. The van der Waals surface area contributed by atoms with Crippen molar-refractivity contribution in [3.8, 4) is 5.75 Å². The van der Waals surface area contributed by atoms with Crippen LogP contribution in [0.3, 0.4) is 0 Å². The summed E-state index contributed by atoms with van der Waals surface area (Å²) in [6, 6.07) is 12.5. The number of hydrogen-bond donors (Lipinski definition) is 1. The molecule has 1 N–H and O–H groups in total. The van der Waals surface area contributed by atoms with E-state index in [0.29, 0.717) is 19.6 Å². The molecule has 1 amide bonds. The molecule has 1 aliphatic heterocycles. The Morgan fingerprint density at radius 1 is 1.11 bits per heavy atom. The zero-order chi connectivity index (χ0) is 20.3. The van der Waals surface area contributed by atoms with Gasteiger partial charge in [-0.15, -0.1) is 0 Å². The number of sulfonamides is 1. The van der Waals surface area contributed by atoms with Crippen LogP contribution in [0.5, 0.6) is 5.75 Å². The van der Waals surface area contributed by atoms with Crippen LogP contribution in [0.15, 0.2) is 47.4 Å². The van der Waals surface area contributed by atoms with Gasteiger partial charge in [-0.05, 0) is 74.2 Å². The van der Waals surface area contributed by atoms with E-state index in [1.807, 2.05) is 45.0 Å². The van der Waals surface area contributed by atoms with Gasteiger partial charge in [-0.3, -0.25) is 4.79 Å². The normalized spacial score (nSPS) is 17.2. The van der Waals surface area contributed by atoms with Gasteiger partial charge < -0.3 is 9.64 Å². The highest BCUT2D eigenvalue weighted by Crippen LogP contribution is 2.27. The van der Waals surface area contributed by atoms with Crippen molar-refractivity contribution in [3.05, 3.63) is 53.6 Å². The van der Waals surface area contributed by atoms with Crippen molar-refractivity contribution >= 4 is 21.6 Å². The van der Waals surface area contributed by atoms with Gasteiger partial charge in [0.05, 0.1) is 11.5 Å². The fourth-order valence-electron chi connectivity index (χ4n) is 3.25. The first-order chi connectivity index (χ1) is 13.3. The molecular formula is C21H26N2O4S. The summed E-state index contributed by atoms with van der Waals surface area (Å²) in [5.74, 6) is 0.690. The number of amides is 1. The topological polar surface area (TPSA) is 75.7 Å². The molecule has 0 unspecified atom stereocenters. The first-order valence-electron chi connectivity index (χ1n) is 9.40. The summed E-state index contributed by atoms with van der Waals surface area (Å²) in [5.41, 5.74) is 2.78. The van der Waals surface area contributed by atoms with Gasteiger partial charge in [0.15, 0.2) is 0 Å². The van der Waals surface area contributed by atoms with Gasteiger partial charge in [-0.1, -0.05) is 6.07 Å². The Kier molecular flexibility index (Phi) is 6.05. The molecule has 0 aliphatic carbocycles. The van der Waals surface area contributed by atoms with E-state index in [1.54, 1.807) is 23.1 Å². The minimum atomic E-state index is -3.59. The largest absolute Gasteiger partial charge is 0.494 e. The summed E-state index contributed by atoms with van der Waals surface area (Å²) in [5, 5.41) is 0. The summed E-state index contributed by atoms with van der Waals surface area (Å²) in [6.45, 7) is 7.06. The van der Waals surface area contributed by atoms with Crippen LogP contribution < -0.4 is 14.4 Å². The molecule has 150 valence electrons. The maximum Gasteiger partial charge on any atom is 0.240 e. The third-order valence-corrected chi connectivity index (χ3v) is 6.44. The van der Waals surface area contributed by atoms with Crippen molar-refractivity contribution in [1.29, 1.82) is 0 Å². The van der Waals surface area contributed by atoms with Crippen molar-refractivity contribution in [3.63, 3.8) is 0 Å². The van der Waals surface area contributed by atoms with Crippen LogP contribution in [0, 0.1) is 19.8 Å². The number of carbonyl (C=O) groups is 1. The number of ether oxygens (including phenoxy) is 1. The Bertz CT molecular complexity index is 955. The van der Waals surface area contributed by atoms with Crippen LogP contribution in [0.1, 0.15) is 24.5 Å². The number of nitrogens with zero attached hydrogens (tertiary/aromatic N) is 1. The van der Waals surface area contributed by atoms with Gasteiger partial charge in [-0.2, -0.15) is 0 Å². The highest BCUT2D eigenvalue weighted by molar-refractivity contribution is 7.89. The summed E-state index contributed by atoms with van der Waals surface area (Å²) in [7, 11) is -3.59. The zero-order valence-electron chi connectivity index (χ0n) is 16.4. The fraction of sp³-hybridized carbons (Fsp3) is 0.381. The van der Waals surface area contributed by atoms with E-state index in [2.05, 4.69) is 4.72 Å². The van der Waals surface area contributed by atoms with Crippen molar-refractivity contribution in [1.82, 2.24) is 4.72 Å². The molecule has 0 aromatic heterocycles. The van der Waals surface area contributed by atoms with Gasteiger partial charge in [0.2, 0.25) is 15.9 Å². The number of nitrogens with one attached hydrogen (secondary N) is 1. The monoisotopic (exact) mass is 402 g/mol. The quantitative estimate of drug-likeness (QED) is 0.772. The lowest BCUT2D eigenvalue weighted by molar-refractivity contribution is -0.117. The molecule has 2 aromatic carbocycles. The SMILES string of the molecule is CCOc1ccc(N2C[C@H](CNS(=O)(=O)c3ccc(C)c(C)c3)CC2=O)cc1. The van der Waals surface area contributed by atoms with E-state index in [9.17, 15) is 13.2 Å². The van der Waals surface area contributed by atoms with E-state index in [4.69, 9.17) is 4.74 Å². The lowest BCUT2D eigenvalue weighted by Crippen LogP contribution is -2.31. The Morgan fingerprint density at radius 3 is 2.46 bits per heavy atom. The number of hydrogen-bond acceptors (Lipinski definition) is 4. The second-order valence-electron chi connectivity index (χ2n) is 7.10. The Labute approximate surface area is 166 Å². The molecule has 7 heteroatoms. The zero-order valence-corrected chi connectivity index (χ0v) is 17.3. The third-order valence-electron chi connectivity index (χ3n) is 5.02. The lowest BCUT2D eigenvalue weighted by Gasteiger charge is -2.17. The second-order valence-corrected chi connectivity index (χ2v) is 8.87. The van der Waals surface area contributed by atoms with Gasteiger partial charge in [-0.25, -0.2) is 13.1 Å². The molecule has 3 rings (SSSR count). The highest BCUT2D eigenvalue weighted by Gasteiger charge is 2.31. The summed E-state index contributed by atoms with van der Waals surface area (Å²) < 4.78 is 33.2. The molecule has 1 fully saturated rings. The van der Waals surface area contributed by atoms with Gasteiger partial charge >= 0.3 is 0 Å². The summed E-state index contributed by atoms with van der Waals surface area (Å²) >= 11 is 0. The van der Waals surface area contributed by atoms with Crippen molar-refractivity contribution in [2.24, 2.45) is 5.92 Å². The molecule has 1 atom stereocenters. The Morgan fingerprint density at radius 2 is 1.82 bits per heavy atom. The highest BCUT2D eigenvalue weighted by atomic mass is 32.2. The average molecular weight is 403 g/mol. The maximum atomic E-state index is 12.6. The van der Waals surface area contributed by atoms with Crippen LogP contribution in [0.25, 0.3) is 0 Å². The molecule has 0 saturated carbocycles. The van der Waals surface area contributed by atoms with E-state index in [0.717, 1.165) is 22.6 Å². The summed E-state index contributed by atoms with van der Waals surface area (Å²) in [4.78, 5) is 14.3. The number of benzene rings is 2. The van der Waals surface area contributed by atoms with Crippen LogP contribution in [-0.2, 0) is 14.8 Å². The number of aryl methyl sites for hydroxylation is 2. The van der Waals surface area contributed by atoms with Gasteiger partial charge in [0.1, 0.15) is 5.75 Å². The Hall–Kier alpha value is -2.38. The minimum absolute atomic E-state index is 0.000428. The predicted octanol–water partition coefficient (Wildman–Crippen LogP) is 3.03. The minimum Gasteiger partial charge on any atom is -0.494 e. The molecule has 1 heterocycles.